The quantitative estimate of drug-likeness (QED) is 0.382. The highest BCUT2D eigenvalue weighted by Gasteiger charge is 2.17. The van der Waals surface area contributed by atoms with Crippen molar-refractivity contribution in [3.63, 3.8) is 0 Å². The molecular formula is C27H34N8O3. The molecule has 11 heteroatoms. The Kier molecular flexibility index (Phi) is 7.59. The minimum Gasteiger partial charge on any atom is -0.494 e. The number of aromatic hydroxyl groups is 1. The molecule has 3 heterocycles. The van der Waals surface area contributed by atoms with Crippen LogP contribution in [0.3, 0.4) is 0 Å². The Balaban J connectivity index is 1.33. The van der Waals surface area contributed by atoms with Crippen LogP contribution >= 0.6 is 0 Å². The Hall–Kier alpha value is -3.93. The van der Waals surface area contributed by atoms with Gasteiger partial charge in [-0.3, -0.25) is 20.2 Å². The molecule has 2 aliphatic rings. The number of benzene rings is 2. The molecule has 3 aromatic rings. The van der Waals surface area contributed by atoms with Crippen molar-refractivity contribution in [1.82, 2.24) is 25.2 Å². The van der Waals surface area contributed by atoms with Gasteiger partial charge in [0, 0.05) is 80.7 Å². The van der Waals surface area contributed by atoms with E-state index in [1.54, 1.807) is 18.2 Å². The molecule has 0 bridgehead atoms. The van der Waals surface area contributed by atoms with Gasteiger partial charge in [-0.05, 0) is 56.6 Å². The molecule has 0 radical (unpaired) electrons. The summed E-state index contributed by atoms with van der Waals surface area (Å²) in [4.78, 5) is 38.9. The zero-order valence-electron chi connectivity index (χ0n) is 21.8. The van der Waals surface area contributed by atoms with E-state index < -0.39 is 5.56 Å². The van der Waals surface area contributed by atoms with Gasteiger partial charge in [0.15, 0.2) is 0 Å². The number of urea groups is 1. The summed E-state index contributed by atoms with van der Waals surface area (Å²) in [5, 5.41) is 16.1. The molecule has 0 aliphatic carbocycles. The molecule has 2 saturated heterocycles. The van der Waals surface area contributed by atoms with E-state index in [1.165, 1.54) is 6.21 Å². The van der Waals surface area contributed by atoms with Crippen molar-refractivity contribution >= 4 is 40.1 Å². The number of nitrogens with one attached hydrogen (secondary N) is 3. The maximum Gasteiger partial charge on any atom is 0.333 e. The van der Waals surface area contributed by atoms with Gasteiger partial charge in [-0.15, -0.1) is 0 Å². The number of pyridine rings is 1. The number of hydrogen-bond acceptors (Lipinski definition) is 8. The predicted molar refractivity (Wildman–Crippen MR) is 151 cm³/mol. The van der Waals surface area contributed by atoms with Gasteiger partial charge in [-0.2, -0.15) is 0 Å². The minimum atomic E-state index is -0.417. The molecule has 38 heavy (non-hydrogen) atoms. The number of aromatic nitrogens is 1. The number of H-pyrrole nitrogens is 1. The van der Waals surface area contributed by atoms with E-state index in [9.17, 15) is 14.7 Å². The van der Waals surface area contributed by atoms with Crippen molar-refractivity contribution in [2.75, 3.05) is 76.7 Å². The summed E-state index contributed by atoms with van der Waals surface area (Å²) < 4.78 is 0. The molecule has 2 aliphatic heterocycles. The van der Waals surface area contributed by atoms with Crippen molar-refractivity contribution in [2.24, 2.45) is 4.99 Å². The molecular weight excluding hydrogens is 484 g/mol. The van der Waals surface area contributed by atoms with Crippen LogP contribution in [0.15, 0.2) is 52.3 Å². The van der Waals surface area contributed by atoms with Gasteiger partial charge >= 0.3 is 6.03 Å². The number of nitrogens with zero attached hydrogens (tertiary/aromatic N) is 5. The molecule has 0 spiro atoms. The lowest BCUT2D eigenvalue weighted by molar-refractivity contribution is 0.116. The summed E-state index contributed by atoms with van der Waals surface area (Å²) in [5.74, 6) is -0.278. The number of piperazine rings is 2. The standard InChI is InChI=1S/C27H34N8O3/c1-32-9-13-34(14-10-32)21-6-3-19(4-7-21)28-18-24-23-17-20(5-8-22(23)25(36)30-26(24)37)29-27(38)31-35-15-11-33(2)12-16-35/h3-8,17-18H,9-16H2,1-2H3,(H2,29,31,38)(H2,30,36,37). The van der Waals surface area contributed by atoms with Gasteiger partial charge in [0.25, 0.3) is 5.56 Å². The first kappa shape index (κ1) is 25.7. The van der Waals surface area contributed by atoms with Crippen molar-refractivity contribution < 1.29 is 9.90 Å². The van der Waals surface area contributed by atoms with Crippen LogP contribution in [-0.4, -0.2) is 104 Å². The number of hydrogen-bond donors (Lipinski definition) is 4. The maximum atomic E-state index is 12.6. The second kappa shape index (κ2) is 11.2. The summed E-state index contributed by atoms with van der Waals surface area (Å²) in [6, 6.07) is 12.6. The molecule has 11 nitrogen and oxygen atoms in total. The highest BCUT2D eigenvalue weighted by molar-refractivity contribution is 6.04. The average molecular weight is 519 g/mol. The van der Waals surface area contributed by atoms with Crippen LogP contribution in [-0.2, 0) is 0 Å². The Morgan fingerprint density at radius 1 is 0.921 bits per heavy atom. The Morgan fingerprint density at radius 3 is 2.26 bits per heavy atom. The lowest BCUT2D eigenvalue weighted by Gasteiger charge is -2.34. The summed E-state index contributed by atoms with van der Waals surface area (Å²) in [7, 11) is 4.18. The SMILES string of the molecule is CN1CCN(NC(=O)Nc2ccc3c(=O)[nH]c(O)c(C=Nc4ccc(N5CCN(C)CC5)cc4)c3c2)CC1. The molecule has 1 aromatic heterocycles. The average Bonchev–Trinajstić information content (AvgIpc) is 2.90. The number of fused-ring (bicyclic) bond motifs is 1. The molecule has 5 rings (SSSR count). The maximum absolute atomic E-state index is 12.6. The van der Waals surface area contributed by atoms with E-state index in [0.717, 1.165) is 63.7 Å². The number of aliphatic imine (C=N–C) groups is 1. The third-order valence-corrected chi connectivity index (χ3v) is 7.12. The van der Waals surface area contributed by atoms with Crippen LogP contribution in [0.2, 0.25) is 0 Å². The fourth-order valence-electron chi connectivity index (χ4n) is 4.72. The van der Waals surface area contributed by atoms with Gasteiger partial charge in [-0.25, -0.2) is 9.80 Å². The third-order valence-electron chi connectivity index (χ3n) is 7.12. The first-order chi connectivity index (χ1) is 18.4. The molecule has 0 saturated carbocycles. The summed E-state index contributed by atoms with van der Waals surface area (Å²) >= 11 is 0. The van der Waals surface area contributed by atoms with E-state index in [-0.39, 0.29) is 11.9 Å². The molecule has 2 amide bonds. The number of rotatable bonds is 5. The number of hydrazine groups is 1. The third kappa shape index (κ3) is 5.96. The largest absolute Gasteiger partial charge is 0.494 e. The van der Waals surface area contributed by atoms with Gasteiger partial charge in [0.05, 0.1) is 11.3 Å². The second-order valence-corrected chi connectivity index (χ2v) is 9.90. The molecule has 2 aromatic carbocycles. The lowest BCUT2D eigenvalue weighted by atomic mass is 10.1. The van der Waals surface area contributed by atoms with Crippen molar-refractivity contribution in [2.45, 2.75) is 0 Å². The predicted octanol–water partition coefficient (Wildman–Crippen LogP) is 2.02. The number of amides is 2. The highest BCUT2D eigenvalue weighted by atomic mass is 16.3. The van der Waals surface area contributed by atoms with Gasteiger partial charge in [0.1, 0.15) is 0 Å². The first-order valence-corrected chi connectivity index (χ1v) is 12.8. The first-order valence-electron chi connectivity index (χ1n) is 12.8. The van der Waals surface area contributed by atoms with Gasteiger partial charge < -0.3 is 25.1 Å². The molecule has 200 valence electrons. The van der Waals surface area contributed by atoms with E-state index in [0.29, 0.717) is 22.0 Å². The van der Waals surface area contributed by atoms with Crippen LogP contribution in [0.5, 0.6) is 5.88 Å². The Bertz CT molecular complexity index is 1370. The van der Waals surface area contributed by atoms with Crippen molar-refractivity contribution in [3.8, 4) is 5.88 Å². The van der Waals surface area contributed by atoms with E-state index in [1.807, 2.05) is 36.3 Å². The van der Waals surface area contributed by atoms with Crippen LogP contribution in [0.25, 0.3) is 10.8 Å². The van der Waals surface area contributed by atoms with Gasteiger partial charge in [0.2, 0.25) is 5.88 Å². The number of carbonyl (C=O) groups excluding carboxylic acids is 1. The zero-order chi connectivity index (χ0) is 26.6. The summed E-state index contributed by atoms with van der Waals surface area (Å²) in [6.45, 7) is 7.27. The summed E-state index contributed by atoms with van der Waals surface area (Å²) in [5.41, 5.74) is 5.18. The van der Waals surface area contributed by atoms with E-state index in [2.05, 4.69) is 42.5 Å². The number of aromatic amines is 1. The number of carbonyl (C=O) groups is 1. The highest BCUT2D eigenvalue weighted by Crippen LogP contribution is 2.26. The minimum absolute atomic E-state index is 0.278. The zero-order valence-corrected chi connectivity index (χ0v) is 21.8. The van der Waals surface area contributed by atoms with Crippen molar-refractivity contribution in [3.05, 3.63) is 58.4 Å². The van der Waals surface area contributed by atoms with Crippen LogP contribution in [0.4, 0.5) is 21.9 Å². The number of anilines is 2. The summed E-state index contributed by atoms with van der Waals surface area (Å²) in [6.07, 6.45) is 1.53. The van der Waals surface area contributed by atoms with E-state index >= 15 is 0 Å². The molecule has 4 N–H and O–H groups in total. The van der Waals surface area contributed by atoms with Crippen molar-refractivity contribution in [1.29, 1.82) is 0 Å². The molecule has 0 unspecified atom stereocenters. The number of likely N-dealkylation sites (N-methyl/N-ethyl adjacent to an activating group) is 2. The molecule has 0 atom stereocenters. The monoisotopic (exact) mass is 518 g/mol. The normalized spacial score (nSPS) is 17.8. The Morgan fingerprint density at radius 2 is 1.58 bits per heavy atom. The van der Waals surface area contributed by atoms with Crippen LogP contribution in [0.1, 0.15) is 5.56 Å². The smallest absolute Gasteiger partial charge is 0.333 e. The lowest BCUT2D eigenvalue weighted by Crippen LogP contribution is -2.53. The van der Waals surface area contributed by atoms with Crippen LogP contribution < -0.4 is 21.2 Å². The Labute approximate surface area is 221 Å². The van der Waals surface area contributed by atoms with E-state index in [4.69, 9.17) is 0 Å². The second-order valence-electron chi connectivity index (χ2n) is 9.90. The van der Waals surface area contributed by atoms with Crippen LogP contribution in [0, 0.1) is 0 Å². The van der Waals surface area contributed by atoms with Gasteiger partial charge in [-0.1, -0.05) is 0 Å². The molecule has 2 fully saturated rings. The fourth-order valence-corrected chi connectivity index (χ4v) is 4.72. The topological polar surface area (TPSA) is 120 Å². The fraction of sp³-hybridized carbons (Fsp3) is 0.370.